The largest absolute Gasteiger partial charge is 0.466 e. The van der Waals surface area contributed by atoms with E-state index < -0.39 is 43.5 Å². The Morgan fingerprint density at radius 3 is 2.05 bits per heavy atom. The van der Waals surface area contributed by atoms with Crippen LogP contribution in [-0.2, 0) is 19.1 Å². The van der Waals surface area contributed by atoms with Gasteiger partial charge in [-0.2, -0.15) is 13.2 Å². The van der Waals surface area contributed by atoms with Crippen molar-refractivity contribution in [3.63, 3.8) is 0 Å². The molecule has 0 fully saturated rings. The minimum absolute atomic E-state index is 0.123. The third kappa shape index (κ3) is 8.87. The van der Waals surface area contributed by atoms with Crippen LogP contribution in [0.4, 0.5) is 13.2 Å². The molecule has 0 spiro atoms. The fourth-order valence-electron chi connectivity index (χ4n) is 1.35. The van der Waals surface area contributed by atoms with E-state index in [4.69, 9.17) is 0 Å². The van der Waals surface area contributed by atoms with Crippen LogP contribution in [0.25, 0.3) is 0 Å². The normalized spacial score (nSPS) is 11.0. The fourth-order valence-corrected chi connectivity index (χ4v) is 1.35. The molecule has 0 aliphatic carbocycles. The minimum Gasteiger partial charge on any atom is -0.466 e. The van der Waals surface area contributed by atoms with Crippen molar-refractivity contribution in [2.45, 2.75) is 25.9 Å². The number of likely N-dealkylation sites (N-methyl/N-ethyl adjacent to an activating group) is 1. The lowest BCUT2D eigenvalue weighted by Gasteiger charge is -2.24. The zero-order valence-electron chi connectivity index (χ0n) is 12.2. The molecule has 2 amide bonds. The van der Waals surface area contributed by atoms with Gasteiger partial charge in [0.25, 0.3) is 0 Å². The first-order chi connectivity index (χ1) is 9.56. The van der Waals surface area contributed by atoms with E-state index in [-0.39, 0.29) is 13.0 Å². The van der Waals surface area contributed by atoms with Crippen LogP contribution in [-0.4, -0.2) is 67.6 Å². The van der Waals surface area contributed by atoms with Gasteiger partial charge in [0.1, 0.15) is 13.1 Å². The molecule has 0 atom stereocenters. The Kier molecular flexibility index (Phi) is 7.75. The van der Waals surface area contributed by atoms with Crippen LogP contribution in [0.3, 0.4) is 0 Å². The number of ether oxygens (including phenoxy) is 1. The number of halogens is 3. The number of hydrogen-bond acceptors (Lipinski definition) is 4. The van der Waals surface area contributed by atoms with Gasteiger partial charge in [-0.05, 0) is 6.92 Å². The van der Waals surface area contributed by atoms with Gasteiger partial charge >= 0.3 is 12.1 Å². The molecule has 122 valence electrons. The number of carbonyl (C=O) groups is 3. The molecule has 0 rings (SSSR count). The molecule has 9 heteroatoms. The molecule has 0 radical (unpaired) electrons. The van der Waals surface area contributed by atoms with E-state index in [0.717, 1.165) is 4.90 Å². The average Bonchev–Trinajstić information content (AvgIpc) is 2.33. The molecule has 0 bridgehead atoms. The number of amides is 2. The monoisotopic (exact) mass is 312 g/mol. The van der Waals surface area contributed by atoms with Crippen LogP contribution in [0.15, 0.2) is 0 Å². The van der Waals surface area contributed by atoms with Crippen LogP contribution < -0.4 is 0 Å². The van der Waals surface area contributed by atoms with Gasteiger partial charge in [0.2, 0.25) is 11.8 Å². The first-order valence-corrected chi connectivity index (χ1v) is 6.27. The molecule has 0 N–H and O–H groups in total. The smallest absolute Gasteiger partial charge is 0.406 e. The zero-order chi connectivity index (χ0) is 16.6. The van der Waals surface area contributed by atoms with E-state index in [1.165, 1.54) is 14.1 Å². The summed E-state index contributed by atoms with van der Waals surface area (Å²) in [6.45, 7) is -0.522. The van der Waals surface area contributed by atoms with E-state index in [1.807, 2.05) is 0 Å². The highest BCUT2D eigenvalue weighted by Crippen LogP contribution is 2.17. The van der Waals surface area contributed by atoms with Gasteiger partial charge in [0.05, 0.1) is 13.0 Å². The quantitative estimate of drug-likeness (QED) is 0.653. The second kappa shape index (κ2) is 8.48. The van der Waals surface area contributed by atoms with E-state index in [0.29, 0.717) is 4.90 Å². The summed E-state index contributed by atoms with van der Waals surface area (Å²) in [5, 5.41) is 0. The van der Waals surface area contributed by atoms with E-state index in [9.17, 15) is 27.6 Å². The molecule has 0 saturated heterocycles. The van der Waals surface area contributed by atoms with Crippen molar-refractivity contribution in [1.29, 1.82) is 0 Å². The summed E-state index contributed by atoms with van der Waals surface area (Å²) in [4.78, 5) is 35.8. The Morgan fingerprint density at radius 2 is 1.62 bits per heavy atom. The Bertz CT molecular complexity index is 383. The minimum atomic E-state index is -4.62. The Hall–Kier alpha value is -1.80. The first-order valence-electron chi connectivity index (χ1n) is 6.27. The third-order valence-electron chi connectivity index (χ3n) is 2.40. The Labute approximate surface area is 120 Å². The van der Waals surface area contributed by atoms with Gasteiger partial charge in [-0.1, -0.05) is 0 Å². The van der Waals surface area contributed by atoms with Crippen LogP contribution in [0.5, 0.6) is 0 Å². The molecule has 0 aliphatic rings. The van der Waals surface area contributed by atoms with Crippen LogP contribution in [0.1, 0.15) is 19.8 Å². The molecular formula is C12H19F3N2O4. The average molecular weight is 312 g/mol. The lowest BCUT2D eigenvalue weighted by atomic mass is 10.2. The molecule has 0 aliphatic heterocycles. The van der Waals surface area contributed by atoms with Crippen molar-refractivity contribution in [3.05, 3.63) is 0 Å². The fraction of sp³-hybridized carbons (Fsp3) is 0.750. The summed E-state index contributed by atoms with van der Waals surface area (Å²) in [6, 6.07) is 0. The van der Waals surface area contributed by atoms with E-state index in [1.54, 1.807) is 6.92 Å². The molecule has 0 unspecified atom stereocenters. The summed E-state index contributed by atoms with van der Waals surface area (Å²) in [7, 11) is 2.74. The van der Waals surface area contributed by atoms with Crippen molar-refractivity contribution in [1.82, 2.24) is 9.80 Å². The number of nitrogens with zero attached hydrogens (tertiary/aromatic N) is 2. The molecule has 6 nitrogen and oxygen atoms in total. The van der Waals surface area contributed by atoms with Crippen molar-refractivity contribution in [2.75, 3.05) is 33.8 Å². The lowest BCUT2D eigenvalue weighted by molar-refractivity contribution is -0.164. The number of esters is 1. The number of carbonyl (C=O) groups excluding carboxylic acids is 3. The number of alkyl halides is 3. The lowest BCUT2D eigenvalue weighted by Crippen LogP contribution is -2.44. The predicted octanol–water partition coefficient (Wildman–Crippen LogP) is 0.809. The molecule has 21 heavy (non-hydrogen) atoms. The van der Waals surface area contributed by atoms with Gasteiger partial charge < -0.3 is 14.5 Å². The summed E-state index contributed by atoms with van der Waals surface area (Å²) < 4.78 is 41.9. The van der Waals surface area contributed by atoms with Gasteiger partial charge in [0, 0.05) is 20.5 Å². The highest BCUT2D eigenvalue weighted by atomic mass is 19.4. The van der Waals surface area contributed by atoms with Gasteiger partial charge in [0.15, 0.2) is 0 Å². The molecule has 0 saturated carbocycles. The molecule has 0 aromatic carbocycles. The van der Waals surface area contributed by atoms with Crippen LogP contribution in [0.2, 0.25) is 0 Å². The molecule has 0 heterocycles. The van der Waals surface area contributed by atoms with Crippen LogP contribution >= 0.6 is 0 Å². The van der Waals surface area contributed by atoms with Crippen LogP contribution in [0, 0.1) is 0 Å². The second-order valence-electron chi connectivity index (χ2n) is 4.46. The second-order valence-corrected chi connectivity index (χ2v) is 4.46. The van der Waals surface area contributed by atoms with Crippen molar-refractivity contribution in [3.8, 4) is 0 Å². The highest BCUT2D eigenvalue weighted by Gasteiger charge is 2.34. The molecule has 0 aromatic heterocycles. The first kappa shape index (κ1) is 19.2. The predicted molar refractivity (Wildman–Crippen MR) is 67.2 cm³/mol. The topological polar surface area (TPSA) is 66.9 Å². The summed E-state index contributed by atoms with van der Waals surface area (Å²) >= 11 is 0. The van der Waals surface area contributed by atoms with E-state index in [2.05, 4.69) is 4.74 Å². The van der Waals surface area contributed by atoms with Crippen molar-refractivity contribution < 1.29 is 32.3 Å². The summed E-state index contributed by atoms with van der Waals surface area (Å²) in [6.07, 6.45) is -5.38. The van der Waals surface area contributed by atoms with Crippen molar-refractivity contribution >= 4 is 17.8 Å². The SMILES string of the molecule is CCOC(=O)CCC(=O)N(CC(=O)N(C)C)CC(F)(F)F. The third-order valence-corrected chi connectivity index (χ3v) is 2.40. The molecular weight excluding hydrogens is 293 g/mol. The zero-order valence-corrected chi connectivity index (χ0v) is 12.2. The van der Waals surface area contributed by atoms with Crippen molar-refractivity contribution in [2.24, 2.45) is 0 Å². The van der Waals surface area contributed by atoms with Gasteiger partial charge in [-0.15, -0.1) is 0 Å². The maximum absolute atomic E-state index is 12.4. The van der Waals surface area contributed by atoms with E-state index >= 15 is 0 Å². The highest BCUT2D eigenvalue weighted by molar-refractivity contribution is 5.86. The maximum Gasteiger partial charge on any atom is 0.406 e. The van der Waals surface area contributed by atoms with Gasteiger partial charge in [-0.25, -0.2) is 0 Å². The number of rotatable bonds is 7. The standard InChI is InChI=1S/C12H19F3N2O4/c1-4-21-11(20)6-5-9(18)17(8-12(13,14)15)7-10(19)16(2)3/h4-8H2,1-3H3. The van der Waals surface area contributed by atoms with Gasteiger partial charge in [-0.3, -0.25) is 14.4 Å². The Morgan fingerprint density at radius 1 is 1.05 bits per heavy atom. The summed E-state index contributed by atoms with van der Waals surface area (Å²) in [5.74, 6) is -2.23. The maximum atomic E-state index is 12.4. The Balaban J connectivity index is 4.67. The summed E-state index contributed by atoms with van der Waals surface area (Å²) in [5.41, 5.74) is 0. The molecule has 0 aromatic rings. The number of hydrogen-bond donors (Lipinski definition) is 0.